The standard InChI is InChI=1S/C11H17NO4/c13-10(9-5-3-7-16-9)12-6-2-1-4-8(12)11(14)15/h8-9H,1-7H2,(H,14,15)/t8-,9+/m0/s1. The van der Waals surface area contributed by atoms with Crippen LogP contribution in [0.25, 0.3) is 0 Å². The number of nitrogens with zero attached hydrogens (tertiary/aromatic N) is 1. The second kappa shape index (κ2) is 4.82. The number of aliphatic carboxylic acids is 1. The number of carboxylic acid groups (broad SMARTS) is 1. The van der Waals surface area contributed by atoms with Gasteiger partial charge in [0.15, 0.2) is 0 Å². The Labute approximate surface area is 94.4 Å². The van der Waals surface area contributed by atoms with E-state index in [-0.39, 0.29) is 5.91 Å². The second-order valence-corrected chi connectivity index (χ2v) is 4.38. The molecule has 2 aliphatic heterocycles. The second-order valence-electron chi connectivity index (χ2n) is 4.38. The highest BCUT2D eigenvalue weighted by Gasteiger charge is 2.36. The van der Waals surface area contributed by atoms with Crippen molar-refractivity contribution in [2.45, 2.75) is 44.2 Å². The number of ether oxygens (including phenoxy) is 1. The molecule has 2 fully saturated rings. The third-order valence-corrected chi connectivity index (χ3v) is 3.28. The van der Waals surface area contributed by atoms with Gasteiger partial charge in [0.1, 0.15) is 12.1 Å². The average molecular weight is 227 g/mol. The third-order valence-electron chi connectivity index (χ3n) is 3.28. The van der Waals surface area contributed by atoms with Crippen molar-refractivity contribution in [3.8, 4) is 0 Å². The SMILES string of the molecule is O=C(O)[C@@H]1CCCCN1C(=O)[C@H]1CCCO1. The van der Waals surface area contributed by atoms with Gasteiger partial charge in [-0.05, 0) is 32.1 Å². The summed E-state index contributed by atoms with van der Waals surface area (Å²) in [6.45, 7) is 1.16. The molecule has 5 heteroatoms. The number of carbonyl (C=O) groups is 2. The van der Waals surface area contributed by atoms with Crippen molar-refractivity contribution in [2.75, 3.05) is 13.2 Å². The van der Waals surface area contributed by atoms with E-state index in [4.69, 9.17) is 9.84 Å². The number of carboxylic acids is 1. The molecule has 0 aromatic heterocycles. The summed E-state index contributed by atoms with van der Waals surface area (Å²) in [4.78, 5) is 24.6. The first-order valence-corrected chi connectivity index (χ1v) is 5.85. The zero-order valence-electron chi connectivity index (χ0n) is 9.22. The molecule has 2 rings (SSSR count). The van der Waals surface area contributed by atoms with E-state index in [0.29, 0.717) is 19.6 Å². The Morgan fingerprint density at radius 2 is 2.00 bits per heavy atom. The fourth-order valence-corrected chi connectivity index (χ4v) is 2.41. The Balaban J connectivity index is 2.04. The zero-order chi connectivity index (χ0) is 11.5. The van der Waals surface area contributed by atoms with E-state index in [1.165, 1.54) is 4.90 Å². The van der Waals surface area contributed by atoms with Gasteiger partial charge in [-0.25, -0.2) is 4.79 Å². The molecule has 0 aliphatic carbocycles. The first-order valence-electron chi connectivity index (χ1n) is 5.85. The minimum absolute atomic E-state index is 0.135. The molecule has 1 amide bonds. The highest BCUT2D eigenvalue weighted by Crippen LogP contribution is 2.22. The van der Waals surface area contributed by atoms with Gasteiger partial charge < -0.3 is 14.7 Å². The average Bonchev–Trinajstić information content (AvgIpc) is 2.81. The van der Waals surface area contributed by atoms with Crippen LogP contribution in [0.5, 0.6) is 0 Å². The molecule has 2 atom stereocenters. The van der Waals surface area contributed by atoms with Gasteiger partial charge in [0, 0.05) is 13.2 Å². The Kier molecular flexibility index (Phi) is 3.43. The lowest BCUT2D eigenvalue weighted by Crippen LogP contribution is -2.51. The molecule has 0 bridgehead atoms. The van der Waals surface area contributed by atoms with Crippen LogP contribution in [0.15, 0.2) is 0 Å². The van der Waals surface area contributed by atoms with Gasteiger partial charge in [0.25, 0.3) is 5.91 Å². The topological polar surface area (TPSA) is 66.8 Å². The van der Waals surface area contributed by atoms with Gasteiger partial charge >= 0.3 is 5.97 Å². The van der Waals surface area contributed by atoms with E-state index in [9.17, 15) is 9.59 Å². The summed E-state index contributed by atoms with van der Waals surface area (Å²) in [6.07, 6.45) is 3.55. The first kappa shape index (κ1) is 11.4. The van der Waals surface area contributed by atoms with E-state index in [1.54, 1.807) is 0 Å². The molecule has 5 nitrogen and oxygen atoms in total. The Morgan fingerprint density at radius 1 is 1.19 bits per heavy atom. The van der Waals surface area contributed by atoms with E-state index >= 15 is 0 Å². The van der Waals surface area contributed by atoms with Crippen molar-refractivity contribution in [3.05, 3.63) is 0 Å². The molecule has 0 unspecified atom stereocenters. The number of amides is 1. The molecule has 0 saturated carbocycles. The predicted molar refractivity (Wildman–Crippen MR) is 56.0 cm³/mol. The number of hydrogen-bond acceptors (Lipinski definition) is 3. The van der Waals surface area contributed by atoms with Crippen LogP contribution >= 0.6 is 0 Å². The van der Waals surface area contributed by atoms with Crippen molar-refractivity contribution in [1.29, 1.82) is 0 Å². The number of likely N-dealkylation sites (tertiary alicyclic amines) is 1. The van der Waals surface area contributed by atoms with Gasteiger partial charge in [0.05, 0.1) is 0 Å². The number of piperidine rings is 1. The monoisotopic (exact) mass is 227 g/mol. The fraction of sp³-hybridized carbons (Fsp3) is 0.818. The molecule has 2 aliphatic rings. The molecule has 16 heavy (non-hydrogen) atoms. The van der Waals surface area contributed by atoms with E-state index in [2.05, 4.69) is 0 Å². The van der Waals surface area contributed by atoms with Gasteiger partial charge in [-0.1, -0.05) is 0 Å². The van der Waals surface area contributed by atoms with Crippen LogP contribution in [-0.4, -0.2) is 47.2 Å². The Bertz CT molecular complexity index is 286. The summed E-state index contributed by atoms with van der Waals surface area (Å²) in [5, 5.41) is 9.07. The van der Waals surface area contributed by atoms with Gasteiger partial charge in [-0.2, -0.15) is 0 Å². The van der Waals surface area contributed by atoms with Crippen molar-refractivity contribution < 1.29 is 19.4 Å². The maximum atomic E-state index is 12.1. The smallest absolute Gasteiger partial charge is 0.326 e. The van der Waals surface area contributed by atoms with Crippen molar-refractivity contribution in [3.63, 3.8) is 0 Å². The molecular formula is C11H17NO4. The zero-order valence-corrected chi connectivity index (χ0v) is 9.22. The molecule has 0 radical (unpaired) electrons. The summed E-state index contributed by atoms with van der Waals surface area (Å²) < 4.78 is 5.31. The van der Waals surface area contributed by atoms with Crippen LogP contribution in [0.1, 0.15) is 32.1 Å². The molecule has 1 N–H and O–H groups in total. The lowest BCUT2D eigenvalue weighted by atomic mass is 10.0. The maximum absolute atomic E-state index is 12.1. The summed E-state index contributed by atoms with van der Waals surface area (Å²) in [7, 11) is 0. The highest BCUT2D eigenvalue weighted by atomic mass is 16.5. The molecule has 90 valence electrons. The molecule has 0 aromatic rings. The van der Waals surface area contributed by atoms with Crippen LogP contribution in [0.4, 0.5) is 0 Å². The molecular weight excluding hydrogens is 210 g/mol. The van der Waals surface area contributed by atoms with Crippen molar-refractivity contribution in [1.82, 2.24) is 4.90 Å². The van der Waals surface area contributed by atoms with E-state index < -0.39 is 18.1 Å². The predicted octanol–water partition coefficient (Wildman–Crippen LogP) is 0.631. The van der Waals surface area contributed by atoms with Crippen molar-refractivity contribution >= 4 is 11.9 Å². The van der Waals surface area contributed by atoms with Crippen molar-refractivity contribution in [2.24, 2.45) is 0 Å². The third kappa shape index (κ3) is 2.19. The van der Waals surface area contributed by atoms with Crippen LogP contribution in [0.3, 0.4) is 0 Å². The minimum Gasteiger partial charge on any atom is -0.480 e. The Morgan fingerprint density at radius 3 is 2.62 bits per heavy atom. The summed E-state index contributed by atoms with van der Waals surface area (Å²) in [5.41, 5.74) is 0. The fourth-order valence-electron chi connectivity index (χ4n) is 2.41. The summed E-state index contributed by atoms with van der Waals surface area (Å²) in [6, 6.07) is -0.648. The minimum atomic E-state index is -0.897. The molecule has 2 saturated heterocycles. The summed E-state index contributed by atoms with van der Waals surface area (Å²) in [5.74, 6) is -1.03. The first-order chi connectivity index (χ1) is 7.70. The van der Waals surface area contributed by atoms with Crippen LogP contribution < -0.4 is 0 Å². The van der Waals surface area contributed by atoms with E-state index in [0.717, 1.165) is 25.7 Å². The van der Waals surface area contributed by atoms with Crippen LogP contribution in [0, 0.1) is 0 Å². The van der Waals surface area contributed by atoms with Gasteiger partial charge in [0.2, 0.25) is 0 Å². The normalized spacial score (nSPS) is 30.4. The number of rotatable bonds is 2. The van der Waals surface area contributed by atoms with Crippen LogP contribution in [0.2, 0.25) is 0 Å². The van der Waals surface area contributed by atoms with E-state index in [1.807, 2.05) is 0 Å². The quantitative estimate of drug-likeness (QED) is 0.751. The maximum Gasteiger partial charge on any atom is 0.326 e. The van der Waals surface area contributed by atoms with Gasteiger partial charge in [-0.3, -0.25) is 4.79 Å². The van der Waals surface area contributed by atoms with Gasteiger partial charge in [-0.15, -0.1) is 0 Å². The highest BCUT2D eigenvalue weighted by molar-refractivity contribution is 5.86. The molecule has 0 aromatic carbocycles. The molecule has 0 spiro atoms. The number of carbonyl (C=O) groups excluding carboxylic acids is 1. The van der Waals surface area contributed by atoms with Crippen LogP contribution in [-0.2, 0) is 14.3 Å². The number of hydrogen-bond donors (Lipinski definition) is 1. The lowest BCUT2D eigenvalue weighted by Gasteiger charge is -2.34. The summed E-state index contributed by atoms with van der Waals surface area (Å²) >= 11 is 0. The molecule has 2 heterocycles. The Hall–Kier alpha value is -1.10. The largest absolute Gasteiger partial charge is 0.480 e. The lowest BCUT2D eigenvalue weighted by molar-refractivity contribution is -0.156.